The molecule has 6 nitrogen and oxygen atoms in total. The third kappa shape index (κ3) is 5.06. The molecule has 0 saturated carbocycles. The monoisotopic (exact) mass is 306 g/mol. The van der Waals surface area contributed by atoms with Gasteiger partial charge in [-0.25, -0.2) is 4.57 Å². The number of hydrogen-bond donors (Lipinski definition) is 0. The van der Waals surface area contributed by atoms with Gasteiger partial charge in [0.1, 0.15) is 23.5 Å². The summed E-state index contributed by atoms with van der Waals surface area (Å²) in [6.45, 7) is 3.67. The first-order valence-electron chi connectivity index (χ1n) is 6.28. The largest absolute Gasteiger partial charge is 0.530 e. The molecule has 0 heterocycles. The Morgan fingerprint density at radius 3 is 2.29 bits per heavy atom. The number of allylic oxidation sites excluding steroid dienone is 1. The minimum Gasteiger partial charge on any atom is -0.403 e. The van der Waals surface area contributed by atoms with Crippen LogP contribution in [0.15, 0.2) is 29.8 Å². The first-order valence-corrected chi connectivity index (χ1v) is 7.74. The van der Waals surface area contributed by atoms with E-state index in [1.54, 1.807) is 50.3 Å². The van der Waals surface area contributed by atoms with Crippen molar-refractivity contribution in [3.05, 3.63) is 35.4 Å². The number of phosphoric ester groups is 1. The SMILES string of the molecule is CCOP(=O)(OCC)Oc1ccccc1C=C(C#N)C#N. The van der Waals surface area contributed by atoms with E-state index in [1.807, 2.05) is 0 Å². The normalized spacial score (nSPS) is 10.3. The van der Waals surface area contributed by atoms with Gasteiger partial charge in [0.05, 0.1) is 13.2 Å². The van der Waals surface area contributed by atoms with Crippen LogP contribution in [0.3, 0.4) is 0 Å². The molecule has 0 fully saturated rings. The standard InChI is InChI=1S/C14H15N2O4P/c1-3-18-21(17,19-4-2)20-14-8-6-5-7-13(14)9-12(10-15)11-16/h5-9H,3-4H2,1-2H3. The van der Waals surface area contributed by atoms with Crippen LogP contribution < -0.4 is 4.52 Å². The van der Waals surface area contributed by atoms with Crippen molar-refractivity contribution >= 4 is 13.9 Å². The molecule has 1 aromatic carbocycles. The summed E-state index contributed by atoms with van der Waals surface area (Å²) in [6, 6.07) is 10.1. The number of hydrogen-bond acceptors (Lipinski definition) is 6. The van der Waals surface area contributed by atoms with E-state index in [-0.39, 0.29) is 24.5 Å². The molecular weight excluding hydrogens is 291 g/mol. The van der Waals surface area contributed by atoms with E-state index < -0.39 is 7.82 Å². The van der Waals surface area contributed by atoms with E-state index in [9.17, 15) is 4.57 Å². The van der Waals surface area contributed by atoms with Gasteiger partial charge in [-0.1, -0.05) is 18.2 Å². The zero-order valence-electron chi connectivity index (χ0n) is 11.8. The minimum absolute atomic E-state index is 0.0892. The van der Waals surface area contributed by atoms with Crippen LogP contribution in [0.5, 0.6) is 5.75 Å². The van der Waals surface area contributed by atoms with Crippen molar-refractivity contribution in [1.29, 1.82) is 10.5 Å². The number of nitriles is 2. The molecule has 0 bridgehead atoms. The molecule has 0 spiro atoms. The predicted octanol–water partition coefficient (Wildman–Crippen LogP) is 3.68. The number of nitrogens with zero attached hydrogens (tertiary/aromatic N) is 2. The number of rotatable bonds is 7. The van der Waals surface area contributed by atoms with Crippen LogP contribution >= 0.6 is 7.82 Å². The molecule has 0 aliphatic heterocycles. The molecule has 1 aromatic rings. The Labute approximate surface area is 123 Å². The Bertz CT molecular complexity index is 617. The van der Waals surface area contributed by atoms with Crippen molar-refractivity contribution in [3.63, 3.8) is 0 Å². The summed E-state index contributed by atoms with van der Waals surface area (Å²) in [5, 5.41) is 17.6. The topological polar surface area (TPSA) is 92.3 Å². The van der Waals surface area contributed by atoms with Gasteiger partial charge in [0.2, 0.25) is 0 Å². The lowest BCUT2D eigenvalue weighted by atomic mass is 10.1. The fourth-order valence-corrected chi connectivity index (χ4v) is 2.67. The van der Waals surface area contributed by atoms with Crippen molar-refractivity contribution in [2.75, 3.05) is 13.2 Å². The summed E-state index contributed by atoms with van der Waals surface area (Å²) in [4.78, 5) is 0. The van der Waals surface area contributed by atoms with E-state index in [1.165, 1.54) is 6.08 Å². The number of phosphoric acid groups is 1. The van der Waals surface area contributed by atoms with Crippen LogP contribution in [0.25, 0.3) is 6.08 Å². The van der Waals surface area contributed by atoms with Crippen LogP contribution in [0, 0.1) is 22.7 Å². The average Bonchev–Trinajstić information content (AvgIpc) is 2.46. The number of benzene rings is 1. The first kappa shape index (κ1) is 16.9. The first-order chi connectivity index (χ1) is 10.1. The highest BCUT2D eigenvalue weighted by molar-refractivity contribution is 7.48. The van der Waals surface area contributed by atoms with E-state index in [0.717, 1.165) is 0 Å². The maximum absolute atomic E-state index is 12.3. The summed E-state index contributed by atoms with van der Waals surface area (Å²) in [5.74, 6) is 0.214. The Morgan fingerprint density at radius 2 is 1.76 bits per heavy atom. The van der Waals surface area contributed by atoms with Crippen molar-refractivity contribution in [1.82, 2.24) is 0 Å². The lowest BCUT2D eigenvalue weighted by Crippen LogP contribution is -2.03. The smallest absolute Gasteiger partial charge is 0.403 e. The fraction of sp³-hybridized carbons (Fsp3) is 0.286. The molecule has 0 unspecified atom stereocenters. The summed E-state index contributed by atoms with van der Waals surface area (Å²) in [5.41, 5.74) is 0.351. The van der Waals surface area contributed by atoms with Crippen molar-refractivity contribution in [2.45, 2.75) is 13.8 Å². The second-order valence-electron chi connectivity index (χ2n) is 3.69. The predicted molar refractivity (Wildman–Crippen MR) is 77.1 cm³/mol. The Balaban J connectivity index is 3.15. The lowest BCUT2D eigenvalue weighted by molar-refractivity contribution is 0.167. The Morgan fingerprint density at radius 1 is 1.19 bits per heavy atom. The van der Waals surface area contributed by atoms with E-state index in [2.05, 4.69) is 0 Å². The molecule has 0 radical (unpaired) electrons. The van der Waals surface area contributed by atoms with Gasteiger partial charge < -0.3 is 4.52 Å². The van der Waals surface area contributed by atoms with Crippen molar-refractivity contribution in [2.24, 2.45) is 0 Å². The second-order valence-corrected chi connectivity index (χ2v) is 5.29. The molecule has 0 N–H and O–H groups in total. The molecule has 1 rings (SSSR count). The molecule has 0 atom stereocenters. The summed E-state index contributed by atoms with van der Waals surface area (Å²) < 4.78 is 27.8. The molecule has 0 aliphatic rings. The highest BCUT2D eigenvalue weighted by atomic mass is 31.2. The molecule has 0 aromatic heterocycles. The van der Waals surface area contributed by atoms with Crippen LogP contribution in [0.2, 0.25) is 0 Å². The summed E-state index contributed by atoms with van der Waals surface area (Å²) in [7, 11) is -3.72. The number of para-hydroxylation sites is 1. The fourth-order valence-electron chi connectivity index (χ4n) is 1.45. The van der Waals surface area contributed by atoms with Crippen LogP contribution in [0.1, 0.15) is 19.4 Å². The zero-order chi connectivity index (χ0) is 15.7. The van der Waals surface area contributed by atoms with Crippen LogP contribution in [-0.2, 0) is 13.6 Å². The van der Waals surface area contributed by atoms with Crippen LogP contribution in [0.4, 0.5) is 0 Å². The molecule has 21 heavy (non-hydrogen) atoms. The van der Waals surface area contributed by atoms with Gasteiger partial charge in [0.15, 0.2) is 0 Å². The molecule has 0 amide bonds. The van der Waals surface area contributed by atoms with Gasteiger partial charge >= 0.3 is 7.82 Å². The van der Waals surface area contributed by atoms with Crippen molar-refractivity contribution in [3.8, 4) is 17.9 Å². The van der Waals surface area contributed by atoms with Gasteiger partial charge in [0.25, 0.3) is 0 Å². The maximum atomic E-state index is 12.3. The average molecular weight is 306 g/mol. The van der Waals surface area contributed by atoms with Gasteiger partial charge in [-0.15, -0.1) is 0 Å². The van der Waals surface area contributed by atoms with Crippen LogP contribution in [-0.4, -0.2) is 13.2 Å². The van der Waals surface area contributed by atoms with Gasteiger partial charge in [-0.2, -0.15) is 10.5 Å². The molecule has 0 aliphatic carbocycles. The second kappa shape index (κ2) is 8.24. The highest BCUT2D eigenvalue weighted by Crippen LogP contribution is 2.50. The van der Waals surface area contributed by atoms with Gasteiger partial charge in [0, 0.05) is 5.56 Å². The quantitative estimate of drug-likeness (QED) is 0.563. The van der Waals surface area contributed by atoms with Gasteiger partial charge in [-0.3, -0.25) is 9.05 Å². The molecule has 0 saturated heterocycles. The Kier molecular flexibility index (Phi) is 6.65. The van der Waals surface area contributed by atoms with Gasteiger partial charge in [-0.05, 0) is 26.0 Å². The van der Waals surface area contributed by atoms with Crippen molar-refractivity contribution < 1.29 is 18.1 Å². The zero-order valence-corrected chi connectivity index (χ0v) is 12.7. The minimum atomic E-state index is -3.72. The van der Waals surface area contributed by atoms with E-state index in [4.69, 9.17) is 24.1 Å². The molecule has 7 heteroatoms. The maximum Gasteiger partial charge on any atom is 0.530 e. The molecule has 110 valence electrons. The lowest BCUT2D eigenvalue weighted by Gasteiger charge is -2.18. The van der Waals surface area contributed by atoms with E-state index >= 15 is 0 Å². The third-order valence-corrected chi connectivity index (χ3v) is 3.81. The summed E-state index contributed by atoms with van der Waals surface area (Å²) in [6.07, 6.45) is 1.34. The summed E-state index contributed by atoms with van der Waals surface area (Å²) >= 11 is 0. The third-order valence-electron chi connectivity index (χ3n) is 2.24. The Hall–Kier alpha value is -2.11. The molecular formula is C14H15N2O4P. The van der Waals surface area contributed by atoms with E-state index in [0.29, 0.717) is 5.56 Å². The highest BCUT2D eigenvalue weighted by Gasteiger charge is 2.28.